The molecule has 0 aromatic carbocycles. The highest BCUT2D eigenvalue weighted by atomic mass is 16.5. The number of methoxy groups -OCH3 is 1. The van der Waals surface area contributed by atoms with E-state index in [1.807, 2.05) is 13.0 Å². The van der Waals surface area contributed by atoms with Crippen molar-refractivity contribution in [1.29, 1.82) is 0 Å². The van der Waals surface area contributed by atoms with Crippen LogP contribution in [0.15, 0.2) is 6.07 Å². The minimum atomic E-state index is 0.431. The Labute approximate surface area is 102 Å². The van der Waals surface area contributed by atoms with Crippen LogP contribution in [0.2, 0.25) is 0 Å². The molecule has 1 atom stereocenters. The summed E-state index contributed by atoms with van der Waals surface area (Å²) in [6.07, 6.45) is 0. The molecule has 5 heteroatoms. The predicted molar refractivity (Wildman–Crippen MR) is 67.2 cm³/mol. The molecule has 17 heavy (non-hydrogen) atoms. The second-order valence-electron chi connectivity index (χ2n) is 4.48. The Morgan fingerprint density at radius 2 is 2.35 bits per heavy atom. The first-order valence-electron chi connectivity index (χ1n) is 6.01. The summed E-state index contributed by atoms with van der Waals surface area (Å²) < 4.78 is 5.13. The van der Waals surface area contributed by atoms with E-state index >= 15 is 0 Å². The molecule has 94 valence electrons. The fourth-order valence-corrected chi connectivity index (χ4v) is 2.11. The van der Waals surface area contributed by atoms with Gasteiger partial charge in [0.1, 0.15) is 0 Å². The van der Waals surface area contributed by atoms with E-state index in [-0.39, 0.29) is 0 Å². The maximum Gasteiger partial charge on any atom is 0.226 e. The summed E-state index contributed by atoms with van der Waals surface area (Å²) in [5, 5.41) is 3.37. The lowest BCUT2D eigenvalue weighted by Crippen LogP contribution is -2.50. The minimum Gasteiger partial charge on any atom is -0.378 e. The van der Waals surface area contributed by atoms with Crippen LogP contribution in [0.25, 0.3) is 0 Å². The van der Waals surface area contributed by atoms with Gasteiger partial charge in [0.2, 0.25) is 5.95 Å². The SMILES string of the molecule is COCc1cc(C)nc(N2CCNC[C@@H]2C)n1. The van der Waals surface area contributed by atoms with Crippen LogP contribution in [0.5, 0.6) is 0 Å². The highest BCUT2D eigenvalue weighted by Gasteiger charge is 2.20. The van der Waals surface area contributed by atoms with E-state index in [9.17, 15) is 0 Å². The summed E-state index contributed by atoms with van der Waals surface area (Å²) in [5.41, 5.74) is 1.94. The first-order chi connectivity index (χ1) is 8.20. The third-order valence-corrected chi connectivity index (χ3v) is 2.95. The zero-order valence-electron chi connectivity index (χ0n) is 10.7. The molecule has 0 amide bonds. The van der Waals surface area contributed by atoms with Gasteiger partial charge in [-0.25, -0.2) is 9.97 Å². The van der Waals surface area contributed by atoms with Gasteiger partial charge < -0.3 is 15.0 Å². The molecule has 1 aliphatic rings. The van der Waals surface area contributed by atoms with Gasteiger partial charge in [0, 0.05) is 38.5 Å². The average molecular weight is 236 g/mol. The van der Waals surface area contributed by atoms with Crippen molar-refractivity contribution in [3.63, 3.8) is 0 Å². The molecule has 5 nitrogen and oxygen atoms in total. The summed E-state index contributed by atoms with van der Waals surface area (Å²) in [5.74, 6) is 0.825. The third-order valence-electron chi connectivity index (χ3n) is 2.95. The van der Waals surface area contributed by atoms with Crippen LogP contribution in [-0.2, 0) is 11.3 Å². The lowest BCUT2D eigenvalue weighted by Gasteiger charge is -2.34. The van der Waals surface area contributed by atoms with E-state index in [0.717, 1.165) is 37.0 Å². The maximum absolute atomic E-state index is 5.13. The first kappa shape index (κ1) is 12.3. The van der Waals surface area contributed by atoms with Gasteiger partial charge in [-0.05, 0) is 19.9 Å². The van der Waals surface area contributed by atoms with Crippen LogP contribution in [0.4, 0.5) is 5.95 Å². The van der Waals surface area contributed by atoms with Crippen molar-refractivity contribution < 1.29 is 4.74 Å². The Hall–Kier alpha value is -1.20. The van der Waals surface area contributed by atoms with E-state index in [2.05, 4.69) is 27.1 Å². The number of ether oxygens (including phenoxy) is 1. The van der Waals surface area contributed by atoms with Crippen molar-refractivity contribution in [2.75, 3.05) is 31.6 Å². The van der Waals surface area contributed by atoms with Gasteiger partial charge in [0.15, 0.2) is 0 Å². The van der Waals surface area contributed by atoms with E-state index in [1.165, 1.54) is 0 Å². The lowest BCUT2D eigenvalue weighted by molar-refractivity contribution is 0.181. The Morgan fingerprint density at radius 3 is 3.06 bits per heavy atom. The number of hydrogen-bond acceptors (Lipinski definition) is 5. The van der Waals surface area contributed by atoms with Crippen molar-refractivity contribution in [1.82, 2.24) is 15.3 Å². The Morgan fingerprint density at radius 1 is 1.53 bits per heavy atom. The summed E-state index contributed by atoms with van der Waals surface area (Å²) in [4.78, 5) is 11.3. The van der Waals surface area contributed by atoms with Gasteiger partial charge in [-0.3, -0.25) is 0 Å². The molecular formula is C12H20N4O. The molecule has 0 aliphatic carbocycles. The van der Waals surface area contributed by atoms with Crippen molar-refractivity contribution in [2.24, 2.45) is 0 Å². The van der Waals surface area contributed by atoms with Crippen LogP contribution < -0.4 is 10.2 Å². The van der Waals surface area contributed by atoms with Gasteiger partial charge in [0.25, 0.3) is 0 Å². The minimum absolute atomic E-state index is 0.431. The lowest BCUT2D eigenvalue weighted by atomic mass is 10.2. The Bertz CT molecular complexity index is 383. The third kappa shape index (κ3) is 2.92. The maximum atomic E-state index is 5.13. The average Bonchev–Trinajstić information content (AvgIpc) is 2.29. The van der Waals surface area contributed by atoms with E-state index in [0.29, 0.717) is 12.6 Å². The normalized spacial score (nSPS) is 20.6. The molecule has 0 spiro atoms. The quantitative estimate of drug-likeness (QED) is 0.838. The summed E-state index contributed by atoms with van der Waals surface area (Å²) in [6, 6.07) is 2.40. The zero-order chi connectivity index (χ0) is 12.3. The molecule has 1 aliphatic heterocycles. The molecule has 1 aromatic heterocycles. The summed E-state index contributed by atoms with van der Waals surface area (Å²) >= 11 is 0. The Balaban J connectivity index is 2.24. The summed E-state index contributed by atoms with van der Waals surface area (Å²) in [6.45, 7) is 7.65. The highest BCUT2D eigenvalue weighted by Crippen LogP contribution is 2.15. The standard InChI is InChI=1S/C12H20N4O/c1-9-6-11(8-17-3)15-12(14-9)16-5-4-13-7-10(16)2/h6,10,13H,4-5,7-8H2,1-3H3/t10-/m0/s1. The van der Waals surface area contributed by atoms with Crippen LogP contribution in [-0.4, -0.2) is 42.8 Å². The molecule has 0 radical (unpaired) electrons. The van der Waals surface area contributed by atoms with Gasteiger partial charge in [0.05, 0.1) is 12.3 Å². The molecule has 1 fully saturated rings. The van der Waals surface area contributed by atoms with Gasteiger partial charge in [-0.2, -0.15) is 0 Å². The number of rotatable bonds is 3. The van der Waals surface area contributed by atoms with Crippen LogP contribution in [0, 0.1) is 6.92 Å². The monoisotopic (exact) mass is 236 g/mol. The van der Waals surface area contributed by atoms with Crippen LogP contribution in [0.1, 0.15) is 18.3 Å². The summed E-state index contributed by atoms with van der Waals surface area (Å²) in [7, 11) is 1.69. The van der Waals surface area contributed by atoms with Crippen molar-refractivity contribution in [2.45, 2.75) is 26.5 Å². The second kappa shape index (κ2) is 5.42. The van der Waals surface area contributed by atoms with Crippen molar-refractivity contribution in [3.05, 3.63) is 17.5 Å². The predicted octanol–water partition coefficient (Wildman–Crippen LogP) is 0.730. The number of aryl methyl sites for hydroxylation is 1. The van der Waals surface area contributed by atoms with E-state index in [4.69, 9.17) is 4.74 Å². The molecule has 1 N–H and O–H groups in total. The number of aromatic nitrogens is 2. The van der Waals surface area contributed by atoms with Gasteiger partial charge >= 0.3 is 0 Å². The zero-order valence-corrected chi connectivity index (χ0v) is 10.7. The number of nitrogens with one attached hydrogen (secondary N) is 1. The topological polar surface area (TPSA) is 50.3 Å². The largest absolute Gasteiger partial charge is 0.378 e. The number of hydrogen-bond donors (Lipinski definition) is 1. The van der Waals surface area contributed by atoms with Crippen molar-refractivity contribution in [3.8, 4) is 0 Å². The van der Waals surface area contributed by atoms with E-state index in [1.54, 1.807) is 7.11 Å². The Kier molecular flexibility index (Phi) is 3.91. The van der Waals surface area contributed by atoms with Crippen LogP contribution >= 0.6 is 0 Å². The molecule has 0 bridgehead atoms. The molecule has 1 aromatic rings. The number of anilines is 1. The first-order valence-corrected chi connectivity index (χ1v) is 6.01. The molecule has 2 heterocycles. The molecular weight excluding hydrogens is 216 g/mol. The molecule has 0 saturated carbocycles. The molecule has 0 unspecified atom stereocenters. The fraction of sp³-hybridized carbons (Fsp3) is 0.667. The van der Waals surface area contributed by atoms with Gasteiger partial charge in [-0.1, -0.05) is 0 Å². The second-order valence-corrected chi connectivity index (χ2v) is 4.48. The highest BCUT2D eigenvalue weighted by molar-refractivity contribution is 5.34. The number of nitrogens with zero attached hydrogens (tertiary/aromatic N) is 3. The van der Waals surface area contributed by atoms with Crippen molar-refractivity contribution >= 4 is 5.95 Å². The van der Waals surface area contributed by atoms with E-state index < -0.39 is 0 Å². The number of piperazine rings is 1. The van der Waals surface area contributed by atoms with Crippen LogP contribution in [0.3, 0.4) is 0 Å². The fourth-order valence-electron chi connectivity index (χ4n) is 2.11. The molecule has 1 saturated heterocycles. The smallest absolute Gasteiger partial charge is 0.226 e. The van der Waals surface area contributed by atoms with Gasteiger partial charge in [-0.15, -0.1) is 0 Å². The molecule has 2 rings (SSSR count).